The van der Waals surface area contributed by atoms with Crippen LogP contribution in [-0.4, -0.2) is 83.0 Å². The van der Waals surface area contributed by atoms with Gasteiger partial charge in [0.25, 0.3) is 5.91 Å². The monoisotopic (exact) mass is 653 g/mol. The molecule has 2 aliphatic heterocycles. The number of carboxylic acid groups (broad SMARTS) is 1. The fourth-order valence-corrected chi connectivity index (χ4v) is 6.05. The predicted molar refractivity (Wildman–Crippen MR) is 171 cm³/mol. The number of ether oxygens (including phenoxy) is 2. The first-order chi connectivity index (χ1) is 21.7. The van der Waals surface area contributed by atoms with E-state index in [1.165, 1.54) is 35.2 Å². The molecule has 0 bridgehead atoms. The molecule has 0 spiro atoms. The summed E-state index contributed by atoms with van der Waals surface area (Å²) in [4.78, 5) is 40.6. The van der Waals surface area contributed by atoms with Crippen molar-refractivity contribution in [3.05, 3.63) is 88.3 Å². The molecule has 2 amide bonds. The molecule has 3 aromatic carbocycles. The summed E-state index contributed by atoms with van der Waals surface area (Å²) in [5.41, 5.74) is 2.11. The second-order valence-corrected chi connectivity index (χ2v) is 11.9. The Hall–Kier alpha value is -4.17. The van der Waals surface area contributed by atoms with Crippen molar-refractivity contribution in [1.29, 1.82) is 0 Å². The number of carbonyl (C=O) groups is 3. The molecule has 0 aliphatic carbocycles. The van der Waals surface area contributed by atoms with Crippen LogP contribution < -0.4 is 10.1 Å². The minimum Gasteiger partial charge on any atom is -0.492 e. The van der Waals surface area contributed by atoms with Crippen LogP contribution in [0.15, 0.2) is 65.6 Å². The van der Waals surface area contributed by atoms with Crippen LogP contribution in [0.4, 0.5) is 14.5 Å². The average molecular weight is 654 g/mol. The summed E-state index contributed by atoms with van der Waals surface area (Å²) in [6, 6.07) is 14.6. The van der Waals surface area contributed by atoms with Gasteiger partial charge in [0.15, 0.2) is 11.6 Å². The first-order valence-corrected chi connectivity index (χ1v) is 15.3. The number of halogens is 2. The Morgan fingerprint density at radius 3 is 2.49 bits per heavy atom. The zero-order chi connectivity index (χ0) is 31.9. The van der Waals surface area contributed by atoms with Gasteiger partial charge in [-0.15, -0.1) is 0 Å². The van der Waals surface area contributed by atoms with E-state index in [1.54, 1.807) is 24.3 Å². The summed E-state index contributed by atoms with van der Waals surface area (Å²) in [7, 11) is 0. The molecule has 45 heavy (non-hydrogen) atoms. The minimum absolute atomic E-state index is 0.0306. The van der Waals surface area contributed by atoms with E-state index in [4.69, 9.17) is 26.8 Å². The topological polar surface area (TPSA) is 108 Å². The van der Waals surface area contributed by atoms with Gasteiger partial charge in [-0.3, -0.25) is 19.4 Å². The fourth-order valence-electron chi connectivity index (χ4n) is 4.74. The van der Waals surface area contributed by atoms with Crippen molar-refractivity contribution in [2.24, 2.45) is 0 Å². The number of morpholine rings is 1. The molecular weight excluding hydrogens is 624 g/mol. The van der Waals surface area contributed by atoms with E-state index in [0.717, 1.165) is 37.0 Å². The normalized spacial score (nSPS) is 16.3. The number of rotatable bonds is 11. The van der Waals surface area contributed by atoms with E-state index in [-0.39, 0.29) is 30.3 Å². The number of nitrogens with one attached hydrogen (secondary N) is 1. The van der Waals surface area contributed by atoms with Crippen molar-refractivity contribution < 1.29 is 37.7 Å². The molecule has 2 saturated heterocycles. The maximum absolute atomic E-state index is 14.2. The molecule has 234 valence electrons. The van der Waals surface area contributed by atoms with Crippen LogP contribution >= 0.6 is 24.0 Å². The average Bonchev–Trinajstić information content (AvgIpc) is 3.29. The summed E-state index contributed by atoms with van der Waals surface area (Å²) < 4.78 is 39.7. The molecule has 0 atom stereocenters. The standard InChI is InChI=1S/C32H29F2N3O6S2/c33-25-7-4-22(19-26(25)34)24-17-20(1-8-27(24)43-16-13-36-11-14-42-15-12-36)18-28-30(39)37(32(44)45-28)10-9-29(38)35-23-5-2-21(3-6-23)31(40)41/h1-8,17-19H,9-16H2,(H,35,38)(H,40,41)/b28-18-. The van der Waals surface area contributed by atoms with Crippen molar-refractivity contribution in [3.8, 4) is 16.9 Å². The van der Waals surface area contributed by atoms with Gasteiger partial charge in [-0.1, -0.05) is 36.1 Å². The lowest BCUT2D eigenvalue weighted by molar-refractivity contribution is -0.122. The Morgan fingerprint density at radius 1 is 1.02 bits per heavy atom. The molecule has 2 fully saturated rings. The van der Waals surface area contributed by atoms with Crippen LogP contribution in [-0.2, 0) is 14.3 Å². The zero-order valence-corrected chi connectivity index (χ0v) is 25.6. The highest BCUT2D eigenvalue weighted by molar-refractivity contribution is 8.26. The second kappa shape index (κ2) is 14.7. The molecule has 13 heteroatoms. The molecule has 0 saturated carbocycles. The third-order valence-corrected chi connectivity index (χ3v) is 8.53. The maximum atomic E-state index is 14.2. The van der Waals surface area contributed by atoms with Crippen LogP contribution in [0.1, 0.15) is 22.3 Å². The Bertz CT molecular complexity index is 1640. The highest BCUT2D eigenvalue weighted by Crippen LogP contribution is 2.36. The highest BCUT2D eigenvalue weighted by atomic mass is 32.2. The van der Waals surface area contributed by atoms with Crippen LogP contribution in [0.3, 0.4) is 0 Å². The molecule has 9 nitrogen and oxygen atoms in total. The van der Waals surface area contributed by atoms with E-state index < -0.39 is 17.6 Å². The van der Waals surface area contributed by atoms with E-state index in [2.05, 4.69) is 10.2 Å². The maximum Gasteiger partial charge on any atom is 0.335 e. The summed E-state index contributed by atoms with van der Waals surface area (Å²) >= 11 is 6.52. The van der Waals surface area contributed by atoms with Gasteiger partial charge in [0.1, 0.15) is 16.7 Å². The second-order valence-electron chi connectivity index (χ2n) is 10.2. The third-order valence-electron chi connectivity index (χ3n) is 7.15. The van der Waals surface area contributed by atoms with Gasteiger partial charge < -0.3 is 19.9 Å². The van der Waals surface area contributed by atoms with E-state index in [1.807, 2.05) is 0 Å². The SMILES string of the molecule is O=C(CCN1C(=O)/C(=C/c2ccc(OCCN3CCOCC3)c(-c3ccc(F)c(F)c3)c2)SC1=S)Nc1ccc(C(=O)O)cc1. The Labute approximate surface area is 267 Å². The summed E-state index contributed by atoms with van der Waals surface area (Å²) in [5, 5.41) is 11.7. The van der Waals surface area contributed by atoms with Crippen molar-refractivity contribution in [1.82, 2.24) is 9.80 Å². The van der Waals surface area contributed by atoms with Gasteiger partial charge >= 0.3 is 5.97 Å². The third kappa shape index (κ3) is 8.31. The molecule has 5 rings (SSSR count). The number of anilines is 1. The van der Waals surface area contributed by atoms with Gasteiger partial charge in [0.05, 0.1) is 23.7 Å². The number of thiocarbonyl (C=S) groups is 1. The van der Waals surface area contributed by atoms with Gasteiger partial charge in [0, 0.05) is 43.9 Å². The lowest BCUT2D eigenvalue weighted by atomic mass is 10.0. The Morgan fingerprint density at radius 2 is 1.78 bits per heavy atom. The first kappa shape index (κ1) is 32.2. The number of hydrogen-bond donors (Lipinski definition) is 2. The number of amides is 2. The number of hydrogen-bond acceptors (Lipinski definition) is 8. The molecule has 0 unspecified atom stereocenters. The van der Waals surface area contributed by atoms with Gasteiger partial charge in [0.2, 0.25) is 5.91 Å². The van der Waals surface area contributed by atoms with Crippen LogP contribution in [0.25, 0.3) is 17.2 Å². The summed E-state index contributed by atoms with van der Waals surface area (Å²) in [6.45, 7) is 4.07. The molecule has 2 heterocycles. The smallest absolute Gasteiger partial charge is 0.335 e. The fraction of sp³-hybridized carbons (Fsp3) is 0.250. The van der Waals surface area contributed by atoms with Crippen molar-refractivity contribution >= 4 is 57.8 Å². The van der Waals surface area contributed by atoms with Gasteiger partial charge in [-0.05, 0) is 65.7 Å². The lowest BCUT2D eigenvalue weighted by Gasteiger charge is -2.26. The van der Waals surface area contributed by atoms with E-state index in [0.29, 0.717) is 63.7 Å². The van der Waals surface area contributed by atoms with Gasteiger partial charge in [-0.2, -0.15) is 0 Å². The van der Waals surface area contributed by atoms with Crippen LogP contribution in [0.2, 0.25) is 0 Å². The molecule has 0 radical (unpaired) electrons. The van der Waals surface area contributed by atoms with Crippen molar-refractivity contribution in [3.63, 3.8) is 0 Å². The molecule has 0 aromatic heterocycles. The summed E-state index contributed by atoms with van der Waals surface area (Å²) in [6.07, 6.45) is 1.63. The zero-order valence-electron chi connectivity index (χ0n) is 24.0. The van der Waals surface area contributed by atoms with E-state index in [9.17, 15) is 23.2 Å². The van der Waals surface area contributed by atoms with Crippen molar-refractivity contribution in [2.45, 2.75) is 6.42 Å². The Kier molecular flexibility index (Phi) is 10.6. The molecule has 3 aromatic rings. The molecular formula is C32H29F2N3O6S2. The van der Waals surface area contributed by atoms with Crippen molar-refractivity contribution in [2.75, 3.05) is 51.3 Å². The summed E-state index contributed by atoms with van der Waals surface area (Å²) in [5.74, 6) is -3.25. The predicted octanol–water partition coefficient (Wildman–Crippen LogP) is 5.27. The highest BCUT2D eigenvalue weighted by Gasteiger charge is 2.32. The number of carboxylic acids is 1. The largest absolute Gasteiger partial charge is 0.492 e. The first-order valence-electron chi connectivity index (χ1n) is 14.1. The van der Waals surface area contributed by atoms with Crippen LogP contribution in [0.5, 0.6) is 5.75 Å². The Balaban J connectivity index is 1.27. The number of thioether (sulfide) groups is 1. The number of carbonyl (C=O) groups excluding carboxylic acids is 2. The number of aromatic carboxylic acids is 1. The van der Waals surface area contributed by atoms with Gasteiger partial charge in [-0.25, -0.2) is 13.6 Å². The lowest BCUT2D eigenvalue weighted by Crippen LogP contribution is -2.38. The number of benzene rings is 3. The molecule has 2 N–H and O–H groups in total. The quantitative estimate of drug-likeness (QED) is 0.211. The molecule has 2 aliphatic rings. The minimum atomic E-state index is -1.07. The van der Waals surface area contributed by atoms with E-state index >= 15 is 0 Å². The number of nitrogens with zero attached hydrogens (tertiary/aromatic N) is 2. The van der Waals surface area contributed by atoms with Crippen LogP contribution in [0, 0.1) is 11.6 Å².